The topological polar surface area (TPSA) is 15.3 Å². The molecule has 0 radical (unpaired) electrons. The van der Waals surface area contributed by atoms with Gasteiger partial charge in [-0.05, 0) is 56.0 Å². The highest BCUT2D eigenvalue weighted by Crippen LogP contribution is 2.35. The highest BCUT2D eigenvalue weighted by molar-refractivity contribution is 4.88. The second-order valence-corrected chi connectivity index (χ2v) is 8.22. The fraction of sp³-hybridized carbons (Fsp3) is 1.00. The van der Waals surface area contributed by atoms with Gasteiger partial charge in [-0.3, -0.25) is 0 Å². The van der Waals surface area contributed by atoms with Gasteiger partial charge in [-0.25, -0.2) is 0 Å². The largest absolute Gasteiger partial charge is 0.314 e. The molecule has 0 spiro atoms. The van der Waals surface area contributed by atoms with Crippen LogP contribution in [0.3, 0.4) is 0 Å². The average Bonchev–Trinajstić information content (AvgIpc) is 2.86. The van der Waals surface area contributed by atoms with E-state index in [9.17, 15) is 0 Å². The molecule has 2 nitrogen and oxygen atoms in total. The number of nitrogens with one attached hydrogen (secondary N) is 1. The Labute approximate surface area is 126 Å². The summed E-state index contributed by atoms with van der Waals surface area (Å²) in [6.45, 7) is 14.7. The van der Waals surface area contributed by atoms with Crippen LogP contribution in [0.4, 0.5) is 0 Å². The van der Waals surface area contributed by atoms with E-state index in [2.05, 4.69) is 37.9 Å². The second kappa shape index (κ2) is 7.26. The highest BCUT2D eigenvalue weighted by atomic mass is 15.2. The summed E-state index contributed by atoms with van der Waals surface area (Å²) in [5.74, 6) is 1.79. The molecule has 118 valence electrons. The molecule has 2 heteroatoms. The molecule has 0 aromatic rings. The van der Waals surface area contributed by atoms with Crippen molar-refractivity contribution in [3.63, 3.8) is 0 Å². The van der Waals surface area contributed by atoms with Crippen LogP contribution in [0.2, 0.25) is 0 Å². The monoisotopic (exact) mass is 280 g/mol. The van der Waals surface area contributed by atoms with Crippen LogP contribution in [-0.4, -0.2) is 37.1 Å². The molecule has 1 saturated heterocycles. The van der Waals surface area contributed by atoms with Gasteiger partial charge in [0.25, 0.3) is 0 Å². The Kier molecular flexibility index (Phi) is 5.92. The summed E-state index contributed by atoms with van der Waals surface area (Å²) in [5.41, 5.74) is 0.487. The molecule has 1 heterocycles. The summed E-state index contributed by atoms with van der Waals surface area (Å²) in [6, 6.07) is 0.789. The minimum absolute atomic E-state index is 0.487. The Balaban J connectivity index is 1.82. The van der Waals surface area contributed by atoms with Crippen molar-refractivity contribution in [3.8, 4) is 0 Å². The molecular weight excluding hydrogens is 244 g/mol. The van der Waals surface area contributed by atoms with E-state index in [-0.39, 0.29) is 0 Å². The fourth-order valence-corrected chi connectivity index (χ4v) is 4.06. The molecule has 0 aromatic carbocycles. The van der Waals surface area contributed by atoms with Gasteiger partial charge in [0.2, 0.25) is 0 Å². The predicted octanol–water partition coefficient (Wildman–Crippen LogP) is 3.91. The smallest absolute Gasteiger partial charge is 0.0107 e. The lowest BCUT2D eigenvalue weighted by Crippen LogP contribution is -2.44. The van der Waals surface area contributed by atoms with Crippen LogP contribution in [0.1, 0.15) is 66.2 Å². The summed E-state index contributed by atoms with van der Waals surface area (Å²) < 4.78 is 0. The maximum atomic E-state index is 3.81. The molecule has 2 rings (SSSR count). The Morgan fingerprint density at radius 2 is 1.85 bits per heavy atom. The molecule has 20 heavy (non-hydrogen) atoms. The van der Waals surface area contributed by atoms with Crippen molar-refractivity contribution < 1.29 is 0 Å². The van der Waals surface area contributed by atoms with E-state index >= 15 is 0 Å². The van der Waals surface area contributed by atoms with E-state index < -0.39 is 0 Å². The van der Waals surface area contributed by atoms with Crippen molar-refractivity contribution in [1.82, 2.24) is 10.2 Å². The molecule has 2 aliphatic rings. The lowest BCUT2D eigenvalue weighted by Gasteiger charge is -2.35. The summed E-state index contributed by atoms with van der Waals surface area (Å²) in [4.78, 5) is 2.76. The minimum atomic E-state index is 0.487. The molecule has 0 bridgehead atoms. The second-order valence-electron chi connectivity index (χ2n) is 8.22. The molecule has 1 aliphatic heterocycles. The van der Waals surface area contributed by atoms with E-state index in [4.69, 9.17) is 0 Å². The minimum Gasteiger partial charge on any atom is -0.314 e. The van der Waals surface area contributed by atoms with Gasteiger partial charge in [-0.15, -0.1) is 0 Å². The van der Waals surface area contributed by atoms with E-state index in [1.165, 1.54) is 64.7 Å². The summed E-state index contributed by atoms with van der Waals surface area (Å²) in [5, 5.41) is 3.81. The van der Waals surface area contributed by atoms with Gasteiger partial charge in [0.05, 0.1) is 0 Å². The molecule has 3 unspecified atom stereocenters. The zero-order valence-corrected chi connectivity index (χ0v) is 14.3. The molecule has 1 aliphatic carbocycles. The highest BCUT2D eigenvalue weighted by Gasteiger charge is 2.34. The Morgan fingerprint density at radius 3 is 2.50 bits per heavy atom. The molecule has 2 fully saturated rings. The lowest BCUT2D eigenvalue weighted by atomic mass is 9.80. The van der Waals surface area contributed by atoms with Crippen LogP contribution in [-0.2, 0) is 0 Å². The summed E-state index contributed by atoms with van der Waals surface area (Å²) in [6.07, 6.45) is 8.40. The Bertz CT molecular complexity index is 282. The predicted molar refractivity (Wildman–Crippen MR) is 88.0 cm³/mol. The first-order valence-electron chi connectivity index (χ1n) is 8.96. The van der Waals surface area contributed by atoms with Crippen molar-refractivity contribution in [2.75, 3.05) is 26.2 Å². The van der Waals surface area contributed by atoms with E-state index in [1.807, 2.05) is 0 Å². The van der Waals surface area contributed by atoms with Crippen LogP contribution in [0.15, 0.2) is 0 Å². The molecular formula is C18H36N2. The Hall–Kier alpha value is -0.0800. The number of nitrogens with zero attached hydrogens (tertiary/aromatic N) is 1. The number of hydrogen-bond acceptors (Lipinski definition) is 2. The van der Waals surface area contributed by atoms with Gasteiger partial charge in [-0.1, -0.05) is 40.5 Å². The zero-order valence-electron chi connectivity index (χ0n) is 14.3. The molecule has 0 amide bonds. The van der Waals surface area contributed by atoms with Crippen LogP contribution >= 0.6 is 0 Å². The van der Waals surface area contributed by atoms with E-state index in [0.29, 0.717) is 5.41 Å². The first-order chi connectivity index (χ1) is 9.50. The van der Waals surface area contributed by atoms with Gasteiger partial charge in [0, 0.05) is 19.1 Å². The first-order valence-corrected chi connectivity index (χ1v) is 8.96. The standard InChI is InChI=1S/C18H36N2/c1-5-11-19-17-9-7-6-8-15(17)13-20-12-10-16(14-20)18(2,3)4/h15-17,19H,5-14H2,1-4H3. The number of rotatable bonds is 5. The van der Waals surface area contributed by atoms with Crippen molar-refractivity contribution in [2.24, 2.45) is 17.3 Å². The van der Waals surface area contributed by atoms with Crippen LogP contribution in [0.25, 0.3) is 0 Å². The SMILES string of the molecule is CCCNC1CCCCC1CN1CCC(C(C)(C)C)C1. The number of hydrogen-bond donors (Lipinski definition) is 1. The van der Waals surface area contributed by atoms with Crippen LogP contribution in [0, 0.1) is 17.3 Å². The summed E-state index contributed by atoms with van der Waals surface area (Å²) >= 11 is 0. The van der Waals surface area contributed by atoms with Gasteiger partial charge >= 0.3 is 0 Å². The third-order valence-electron chi connectivity index (χ3n) is 5.56. The Morgan fingerprint density at radius 1 is 1.10 bits per heavy atom. The maximum absolute atomic E-state index is 3.81. The average molecular weight is 280 g/mol. The molecule has 3 atom stereocenters. The molecule has 1 saturated carbocycles. The van der Waals surface area contributed by atoms with Gasteiger partial charge in [0.15, 0.2) is 0 Å². The van der Waals surface area contributed by atoms with Crippen molar-refractivity contribution in [3.05, 3.63) is 0 Å². The molecule has 0 aromatic heterocycles. The fourth-order valence-electron chi connectivity index (χ4n) is 4.06. The van der Waals surface area contributed by atoms with Crippen LogP contribution < -0.4 is 5.32 Å². The van der Waals surface area contributed by atoms with Gasteiger partial charge in [-0.2, -0.15) is 0 Å². The third-order valence-corrected chi connectivity index (χ3v) is 5.56. The van der Waals surface area contributed by atoms with Gasteiger partial charge in [0.1, 0.15) is 0 Å². The molecule has 1 N–H and O–H groups in total. The number of likely N-dealkylation sites (tertiary alicyclic amines) is 1. The first kappa shape index (κ1) is 16.3. The van der Waals surface area contributed by atoms with E-state index in [1.54, 1.807) is 0 Å². The third kappa shape index (κ3) is 4.46. The van der Waals surface area contributed by atoms with Gasteiger partial charge < -0.3 is 10.2 Å². The summed E-state index contributed by atoms with van der Waals surface area (Å²) in [7, 11) is 0. The van der Waals surface area contributed by atoms with Crippen molar-refractivity contribution in [2.45, 2.75) is 72.3 Å². The van der Waals surface area contributed by atoms with Crippen molar-refractivity contribution >= 4 is 0 Å². The normalized spacial score (nSPS) is 32.7. The quantitative estimate of drug-likeness (QED) is 0.821. The van der Waals surface area contributed by atoms with Crippen LogP contribution in [0.5, 0.6) is 0 Å². The lowest BCUT2D eigenvalue weighted by molar-refractivity contribution is 0.171. The van der Waals surface area contributed by atoms with Crippen molar-refractivity contribution in [1.29, 1.82) is 0 Å². The zero-order chi connectivity index (χ0) is 14.6. The maximum Gasteiger partial charge on any atom is 0.0107 e. The van der Waals surface area contributed by atoms with E-state index in [0.717, 1.165) is 17.9 Å².